The van der Waals surface area contributed by atoms with Crippen LogP contribution in [0.2, 0.25) is 0 Å². The second-order valence-electron chi connectivity index (χ2n) is 5.63. The first-order valence-electron chi connectivity index (χ1n) is 7.67. The van der Waals surface area contributed by atoms with E-state index in [2.05, 4.69) is 4.72 Å². The fraction of sp³-hybridized carbons (Fsp3) is 0.250. The van der Waals surface area contributed by atoms with Crippen LogP contribution >= 0.6 is 0 Å². The summed E-state index contributed by atoms with van der Waals surface area (Å²) in [5.74, 6) is 0.514. The molecule has 2 aromatic carbocycles. The summed E-state index contributed by atoms with van der Waals surface area (Å²) in [6.07, 6.45) is 0.185. The van der Waals surface area contributed by atoms with Crippen molar-refractivity contribution in [2.45, 2.75) is 17.9 Å². The topological polar surface area (TPSA) is 105 Å². The Morgan fingerprint density at radius 2 is 2.08 bits per heavy atom. The number of hydrogen-bond acceptors (Lipinski definition) is 6. The molecule has 1 aliphatic rings. The van der Waals surface area contributed by atoms with Crippen molar-refractivity contribution >= 4 is 28.3 Å². The normalized spacial score (nSPS) is 13.6. The standard InChI is InChI=1S/C16H18BNO6S/c1-23-14-4-5-16(11(8-14)6-7-19)25(21,22)18-13-3-2-12-10-24-17(20)15(12)9-13/h2-5,8-9,18-20H,6-7,10H2,1H3. The highest BCUT2D eigenvalue weighted by Gasteiger charge is 2.28. The molecule has 0 aliphatic carbocycles. The number of rotatable bonds is 6. The lowest BCUT2D eigenvalue weighted by atomic mass is 9.79. The Morgan fingerprint density at radius 1 is 1.28 bits per heavy atom. The maximum absolute atomic E-state index is 12.8. The van der Waals surface area contributed by atoms with Gasteiger partial charge >= 0.3 is 7.12 Å². The molecule has 7 nitrogen and oxygen atoms in total. The lowest BCUT2D eigenvalue weighted by Gasteiger charge is -2.14. The summed E-state index contributed by atoms with van der Waals surface area (Å²) in [4.78, 5) is 0.0691. The maximum Gasteiger partial charge on any atom is 0.491 e. The Bertz CT molecular complexity index is 886. The average Bonchev–Trinajstić information content (AvgIpc) is 2.95. The minimum atomic E-state index is -3.87. The highest BCUT2D eigenvalue weighted by atomic mass is 32.2. The van der Waals surface area contributed by atoms with E-state index < -0.39 is 17.1 Å². The number of benzene rings is 2. The SMILES string of the molecule is COc1ccc(S(=O)(=O)Nc2ccc3c(c2)B(O)OC3)c(CCO)c1. The van der Waals surface area contributed by atoms with Crippen molar-refractivity contribution in [3.8, 4) is 5.75 Å². The van der Waals surface area contributed by atoms with Crippen molar-refractivity contribution in [1.29, 1.82) is 0 Å². The van der Waals surface area contributed by atoms with Crippen molar-refractivity contribution in [2.75, 3.05) is 18.4 Å². The number of ether oxygens (including phenoxy) is 1. The van der Waals surface area contributed by atoms with Gasteiger partial charge in [0.15, 0.2) is 0 Å². The van der Waals surface area contributed by atoms with Gasteiger partial charge in [0.05, 0.1) is 18.6 Å². The minimum absolute atomic E-state index is 0.0691. The first-order valence-corrected chi connectivity index (χ1v) is 9.16. The Kier molecular flexibility index (Phi) is 5.00. The van der Waals surface area contributed by atoms with E-state index in [9.17, 15) is 18.5 Å². The number of hydrogen-bond donors (Lipinski definition) is 3. The molecule has 0 spiro atoms. The number of aliphatic hydroxyl groups excluding tert-OH is 1. The zero-order valence-corrected chi connectivity index (χ0v) is 14.4. The molecule has 0 fully saturated rings. The molecule has 0 saturated carbocycles. The average molecular weight is 363 g/mol. The van der Waals surface area contributed by atoms with Gasteiger partial charge in [-0.2, -0.15) is 0 Å². The fourth-order valence-corrected chi connectivity index (χ4v) is 4.05. The third-order valence-electron chi connectivity index (χ3n) is 4.00. The molecule has 3 rings (SSSR count). The van der Waals surface area contributed by atoms with Gasteiger partial charge in [-0.05, 0) is 53.3 Å². The van der Waals surface area contributed by atoms with E-state index in [1.807, 2.05) is 0 Å². The number of nitrogens with one attached hydrogen (secondary N) is 1. The second kappa shape index (κ2) is 7.05. The highest BCUT2D eigenvalue weighted by molar-refractivity contribution is 7.92. The lowest BCUT2D eigenvalue weighted by molar-refractivity contribution is 0.275. The lowest BCUT2D eigenvalue weighted by Crippen LogP contribution is -2.28. The molecule has 0 radical (unpaired) electrons. The van der Waals surface area contributed by atoms with E-state index in [0.717, 1.165) is 5.56 Å². The van der Waals surface area contributed by atoms with E-state index in [1.165, 1.54) is 13.2 Å². The molecule has 2 aromatic rings. The van der Waals surface area contributed by atoms with Crippen LogP contribution in [0.3, 0.4) is 0 Å². The van der Waals surface area contributed by atoms with Crippen molar-refractivity contribution < 1.29 is 27.9 Å². The molecule has 1 aliphatic heterocycles. The third-order valence-corrected chi connectivity index (χ3v) is 5.48. The van der Waals surface area contributed by atoms with E-state index in [-0.39, 0.29) is 17.9 Å². The van der Waals surface area contributed by atoms with Crippen LogP contribution in [0, 0.1) is 0 Å². The molecule has 0 unspecified atom stereocenters. The molecule has 132 valence electrons. The molecule has 0 amide bonds. The summed E-state index contributed by atoms with van der Waals surface area (Å²) in [6.45, 7) is 0.112. The predicted molar refractivity (Wildman–Crippen MR) is 93.4 cm³/mol. The van der Waals surface area contributed by atoms with E-state index >= 15 is 0 Å². The van der Waals surface area contributed by atoms with Crippen LogP contribution in [0.1, 0.15) is 11.1 Å². The first kappa shape index (κ1) is 17.7. The van der Waals surface area contributed by atoms with Gasteiger partial charge in [0.1, 0.15) is 5.75 Å². The van der Waals surface area contributed by atoms with E-state index in [0.29, 0.717) is 29.1 Å². The monoisotopic (exact) mass is 363 g/mol. The molecular weight excluding hydrogens is 345 g/mol. The molecule has 9 heteroatoms. The number of fused-ring (bicyclic) bond motifs is 1. The van der Waals surface area contributed by atoms with Gasteiger partial charge in [-0.3, -0.25) is 4.72 Å². The van der Waals surface area contributed by atoms with Crippen LogP contribution in [0.4, 0.5) is 5.69 Å². The summed E-state index contributed by atoms with van der Waals surface area (Å²) >= 11 is 0. The molecule has 0 saturated heterocycles. The minimum Gasteiger partial charge on any atom is -0.497 e. The Balaban J connectivity index is 1.93. The van der Waals surface area contributed by atoms with Crippen molar-refractivity contribution in [3.05, 3.63) is 47.5 Å². The molecule has 3 N–H and O–H groups in total. The van der Waals surface area contributed by atoms with Crippen LogP contribution in [0.5, 0.6) is 5.75 Å². The molecule has 0 aromatic heterocycles. The summed E-state index contributed by atoms with van der Waals surface area (Å²) < 4.78 is 38.2. The quantitative estimate of drug-likeness (QED) is 0.636. The number of sulfonamides is 1. The molecule has 1 heterocycles. The largest absolute Gasteiger partial charge is 0.497 e. The highest BCUT2D eigenvalue weighted by Crippen LogP contribution is 2.25. The van der Waals surface area contributed by atoms with Gasteiger partial charge in [-0.15, -0.1) is 0 Å². The zero-order chi connectivity index (χ0) is 18.0. The first-order chi connectivity index (χ1) is 11.9. The van der Waals surface area contributed by atoms with Gasteiger partial charge in [0.2, 0.25) is 0 Å². The van der Waals surface area contributed by atoms with Gasteiger partial charge in [0.25, 0.3) is 10.0 Å². The fourth-order valence-electron chi connectivity index (χ4n) is 2.75. The van der Waals surface area contributed by atoms with Crippen LogP contribution < -0.4 is 14.9 Å². The molecule has 25 heavy (non-hydrogen) atoms. The smallest absolute Gasteiger partial charge is 0.491 e. The molecular formula is C16H18BNO6S. The van der Waals surface area contributed by atoms with Crippen molar-refractivity contribution in [2.24, 2.45) is 0 Å². The second-order valence-corrected chi connectivity index (χ2v) is 7.28. The summed E-state index contributed by atoms with van der Waals surface area (Å²) in [6, 6.07) is 9.47. The number of methoxy groups -OCH3 is 1. The summed E-state index contributed by atoms with van der Waals surface area (Å²) in [7, 11) is -3.43. The van der Waals surface area contributed by atoms with Crippen LogP contribution in [0.15, 0.2) is 41.3 Å². The summed E-state index contributed by atoms with van der Waals surface area (Å²) in [5.41, 5.74) is 2.15. The van der Waals surface area contributed by atoms with E-state index in [1.54, 1.807) is 30.3 Å². The number of aliphatic hydroxyl groups is 1. The third kappa shape index (κ3) is 3.64. The molecule has 0 bridgehead atoms. The zero-order valence-electron chi connectivity index (χ0n) is 13.6. The predicted octanol–water partition coefficient (Wildman–Crippen LogP) is 0.248. The molecule has 0 atom stereocenters. The van der Waals surface area contributed by atoms with Crippen LogP contribution in [-0.4, -0.2) is 39.4 Å². The van der Waals surface area contributed by atoms with Gasteiger partial charge in [-0.25, -0.2) is 8.42 Å². The van der Waals surface area contributed by atoms with Gasteiger partial charge < -0.3 is 19.5 Å². The van der Waals surface area contributed by atoms with Crippen LogP contribution in [0.25, 0.3) is 0 Å². The van der Waals surface area contributed by atoms with Gasteiger partial charge in [-0.1, -0.05) is 6.07 Å². The maximum atomic E-state index is 12.8. The summed E-state index contributed by atoms with van der Waals surface area (Å²) in [5, 5.41) is 19.0. The Morgan fingerprint density at radius 3 is 2.80 bits per heavy atom. The van der Waals surface area contributed by atoms with Gasteiger partial charge in [0, 0.05) is 12.3 Å². The van der Waals surface area contributed by atoms with Crippen molar-refractivity contribution in [3.63, 3.8) is 0 Å². The van der Waals surface area contributed by atoms with Crippen molar-refractivity contribution in [1.82, 2.24) is 0 Å². The Labute approximate surface area is 146 Å². The number of anilines is 1. The van der Waals surface area contributed by atoms with E-state index in [4.69, 9.17) is 9.39 Å². The Hall–Kier alpha value is -2.07. The van der Waals surface area contributed by atoms with Crippen LogP contribution in [-0.2, 0) is 27.7 Å².